The molecule has 1 amide bonds. The normalized spacial score (nSPS) is 12.5. The van der Waals surface area contributed by atoms with Crippen molar-refractivity contribution < 1.29 is 9.90 Å². The zero-order valence-electron chi connectivity index (χ0n) is 11.4. The van der Waals surface area contributed by atoms with Crippen LogP contribution in [0.15, 0.2) is 35.3 Å². The van der Waals surface area contributed by atoms with Gasteiger partial charge in [0.1, 0.15) is 5.56 Å². The fourth-order valence-electron chi connectivity index (χ4n) is 2.12. The van der Waals surface area contributed by atoms with E-state index < -0.39 is 6.10 Å². The SMILES string of the molecule is Cc1nn2cccnc2c1C(=O)NCC(O)c1ccsc1. The van der Waals surface area contributed by atoms with Gasteiger partial charge in [0.15, 0.2) is 5.65 Å². The molecule has 1 atom stereocenters. The fraction of sp³-hybridized carbons (Fsp3) is 0.214. The van der Waals surface area contributed by atoms with Gasteiger partial charge in [0, 0.05) is 18.9 Å². The predicted molar refractivity (Wildman–Crippen MR) is 79.3 cm³/mol. The van der Waals surface area contributed by atoms with Gasteiger partial charge in [-0.2, -0.15) is 16.4 Å². The van der Waals surface area contributed by atoms with Gasteiger partial charge >= 0.3 is 0 Å². The average Bonchev–Trinajstić information content (AvgIpc) is 3.10. The zero-order valence-corrected chi connectivity index (χ0v) is 12.2. The van der Waals surface area contributed by atoms with Crippen molar-refractivity contribution in [1.29, 1.82) is 0 Å². The van der Waals surface area contributed by atoms with Gasteiger partial charge in [-0.25, -0.2) is 9.50 Å². The molecule has 0 bridgehead atoms. The van der Waals surface area contributed by atoms with E-state index in [4.69, 9.17) is 0 Å². The van der Waals surface area contributed by atoms with Crippen molar-refractivity contribution in [3.05, 3.63) is 52.1 Å². The minimum atomic E-state index is -0.713. The molecule has 0 aliphatic heterocycles. The van der Waals surface area contributed by atoms with Crippen LogP contribution < -0.4 is 5.32 Å². The number of nitrogens with one attached hydrogen (secondary N) is 1. The Kier molecular flexibility index (Phi) is 3.68. The quantitative estimate of drug-likeness (QED) is 0.766. The molecule has 0 saturated heterocycles. The maximum absolute atomic E-state index is 12.3. The highest BCUT2D eigenvalue weighted by atomic mass is 32.1. The number of amides is 1. The molecule has 0 radical (unpaired) electrons. The van der Waals surface area contributed by atoms with Crippen molar-refractivity contribution in [3.8, 4) is 0 Å². The van der Waals surface area contributed by atoms with Crippen LogP contribution >= 0.6 is 11.3 Å². The first-order chi connectivity index (χ1) is 10.2. The lowest BCUT2D eigenvalue weighted by Crippen LogP contribution is -2.28. The van der Waals surface area contributed by atoms with Gasteiger partial charge in [0.05, 0.1) is 11.8 Å². The van der Waals surface area contributed by atoms with Gasteiger partial charge in [0.2, 0.25) is 0 Å². The number of rotatable bonds is 4. The first kappa shape index (κ1) is 13.7. The second-order valence-corrected chi connectivity index (χ2v) is 5.41. The summed E-state index contributed by atoms with van der Waals surface area (Å²) in [6.07, 6.45) is 2.65. The van der Waals surface area contributed by atoms with E-state index in [1.807, 2.05) is 16.8 Å². The Balaban J connectivity index is 1.77. The molecule has 3 aromatic rings. The number of fused-ring (bicyclic) bond motifs is 1. The van der Waals surface area contributed by atoms with Crippen LogP contribution in [0.1, 0.15) is 27.7 Å². The Morgan fingerprint density at radius 1 is 1.57 bits per heavy atom. The van der Waals surface area contributed by atoms with Crippen molar-refractivity contribution in [2.45, 2.75) is 13.0 Å². The van der Waals surface area contributed by atoms with E-state index >= 15 is 0 Å². The van der Waals surface area contributed by atoms with Gasteiger partial charge < -0.3 is 10.4 Å². The lowest BCUT2D eigenvalue weighted by Gasteiger charge is -2.10. The summed E-state index contributed by atoms with van der Waals surface area (Å²) in [6, 6.07) is 3.59. The molecule has 0 fully saturated rings. The van der Waals surface area contributed by atoms with Crippen molar-refractivity contribution in [2.75, 3.05) is 6.54 Å². The Labute approximate surface area is 125 Å². The molecule has 1 unspecified atom stereocenters. The first-order valence-electron chi connectivity index (χ1n) is 6.45. The number of aromatic nitrogens is 3. The Morgan fingerprint density at radius 2 is 2.43 bits per heavy atom. The molecule has 0 spiro atoms. The molecular formula is C14H14N4O2S. The average molecular weight is 302 g/mol. The maximum Gasteiger partial charge on any atom is 0.257 e. The third kappa shape index (κ3) is 2.65. The second kappa shape index (κ2) is 5.63. The molecule has 6 nitrogen and oxygen atoms in total. The molecule has 0 aliphatic carbocycles. The van der Waals surface area contributed by atoms with Crippen LogP contribution in [-0.2, 0) is 0 Å². The van der Waals surface area contributed by atoms with Crippen LogP contribution in [0.2, 0.25) is 0 Å². The standard InChI is InChI=1S/C14H14N4O2S/c1-9-12(13-15-4-2-5-18(13)17-9)14(20)16-7-11(19)10-3-6-21-8-10/h2-6,8,11,19H,7H2,1H3,(H,16,20). The third-order valence-corrected chi connectivity index (χ3v) is 3.88. The molecule has 0 aliphatic rings. The van der Waals surface area contributed by atoms with Gasteiger partial charge in [-0.1, -0.05) is 0 Å². The van der Waals surface area contributed by atoms with Crippen LogP contribution in [0.3, 0.4) is 0 Å². The molecule has 2 N–H and O–H groups in total. The second-order valence-electron chi connectivity index (χ2n) is 4.63. The highest BCUT2D eigenvalue weighted by Gasteiger charge is 2.19. The zero-order chi connectivity index (χ0) is 14.8. The van der Waals surface area contributed by atoms with E-state index in [1.165, 1.54) is 11.3 Å². The number of nitrogens with zero attached hydrogens (tertiary/aromatic N) is 3. The summed E-state index contributed by atoms with van der Waals surface area (Å²) in [4.78, 5) is 16.5. The van der Waals surface area contributed by atoms with Crippen LogP contribution in [0.4, 0.5) is 0 Å². The van der Waals surface area contributed by atoms with Crippen molar-refractivity contribution in [2.24, 2.45) is 0 Å². The van der Waals surface area contributed by atoms with E-state index in [9.17, 15) is 9.90 Å². The number of aliphatic hydroxyl groups excluding tert-OH is 1. The molecule has 108 valence electrons. The highest BCUT2D eigenvalue weighted by molar-refractivity contribution is 7.07. The first-order valence-corrected chi connectivity index (χ1v) is 7.39. The van der Waals surface area contributed by atoms with Crippen molar-refractivity contribution in [3.63, 3.8) is 0 Å². The minimum absolute atomic E-state index is 0.152. The summed E-state index contributed by atoms with van der Waals surface area (Å²) in [5.41, 5.74) is 2.36. The van der Waals surface area contributed by atoms with Crippen LogP contribution in [0, 0.1) is 6.92 Å². The van der Waals surface area contributed by atoms with Gasteiger partial charge in [-0.15, -0.1) is 0 Å². The molecule has 7 heteroatoms. The lowest BCUT2D eigenvalue weighted by atomic mass is 10.2. The molecule has 21 heavy (non-hydrogen) atoms. The minimum Gasteiger partial charge on any atom is -0.387 e. The number of carbonyl (C=O) groups is 1. The largest absolute Gasteiger partial charge is 0.387 e. The summed E-state index contributed by atoms with van der Waals surface area (Å²) in [5, 5.41) is 20.7. The number of thiophene rings is 1. The summed E-state index contributed by atoms with van der Waals surface area (Å²) in [6.45, 7) is 1.91. The summed E-state index contributed by atoms with van der Waals surface area (Å²) >= 11 is 1.51. The fourth-order valence-corrected chi connectivity index (χ4v) is 2.83. The maximum atomic E-state index is 12.3. The van der Waals surface area contributed by atoms with Gasteiger partial charge in [0.25, 0.3) is 5.91 Å². The summed E-state index contributed by atoms with van der Waals surface area (Å²) in [5.74, 6) is -0.282. The van der Waals surface area contributed by atoms with Crippen molar-refractivity contribution >= 4 is 22.9 Å². The van der Waals surface area contributed by atoms with Gasteiger partial charge in [-0.3, -0.25) is 4.79 Å². The molecule has 0 aromatic carbocycles. The number of aryl methyl sites for hydroxylation is 1. The summed E-state index contributed by atoms with van der Waals surface area (Å²) < 4.78 is 1.57. The van der Waals surface area contributed by atoms with Crippen LogP contribution in [0.5, 0.6) is 0 Å². The van der Waals surface area contributed by atoms with Crippen molar-refractivity contribution in [1.82, 2.24) is 19.9 Å². The molecular weight excluding hydrogens is 288 g/mol. The monoisotopic (exact) mass is 302 g/mol. The van der Waals surface area contributed by atoms with Crippen LogP contribution in [-0.4, -0.2) is 32.2 Å². The van der Waals surface area contributed by atoms with E-state index in [0.717, 1.165) is 5.56 Å². The Morgan fingerprint density at radius 3 is 3.19 bits per heavy atom. The molecule has 0 saturated carbocycles. The van der Waals surface area contributed by atoms with Gasteiger partial charge in [-0.05, 0) is 35.4 Å². The number of aliphatic hydroxyl groups is 1. The Hall–Kier alpha value is -2.25. The van der Waals surface area contributed by atoms with E-state index in [0.29, 0.717) is 16.9 Å². The van der Waals surface area contributed by atoms with E-state index in [-0.39, 0.29) is 12.5 Å². The van der Waals surface area contributed by atoms with E-state index in [2.05, 4.69) is 15.4 Å². The number of carbonyl (C=O) groups excluding carboxylic acids is 1. The smallest absolute Gasteiger partial charge is 0.257 e. The lowest BCUT2D eigenvalue weighted by molar-refractivity contribution is 0.0917. The Bertz CT molecular complexity index is 766. The predicted octanol–water partition coefficient (Wildman–Crippen LogP) is 1.56. The molecule has 3 heterocycles. The molecule has 3 aromatic heterocycles. The number of hydrogen-bond donors (Lipinski definition) is 2. The topological polar surface area (TPSA) is 79.5 Å². The number of hydrogen-bond acceptors (Lipinski definition) is 5. The summed E-state index contributed by atoms with van der Waals surface area (Å²) in [7, 11) is 0. The third-order valence-electron chi connectivity index (χ3n) is 3.18. The highest BCUT2D eigenvalue weighted by Crippen LogP contribution is 2.16. The molecule has 3 rings (SSSR count). The van der Waals surface area contributed by atoms with Crippen LogP contribution in [0.25, 0.3) is 5.65 Å². The van der Waals surface area contributed by atoms with E-state index in [1.54, 1.807) is 29.9 Å².